The van der Waals surface area contributed by atoms with Crippen molar-refractivity contribution in [3.05, 3.63) is 71.3 Å². The molecule has 25 heavy (non-hydrogen) atoms. The number of hydrogen-bond donors (Lipinski definition) is 1. The van der Waals surface area contributed by atoms with Crippen molar-refractivity contribution in [3.63, 3.8) is 0 Å². The van der Waals surface area contributed by atoms with Crippen molar-refractivity contribution in [2.45, 2.75) is 32.5 Å². The number of benzene rings is 2. The van der Waals surface area contributed by atoms with Crippen LogP contribution in [0.3, 0.4) is 0 Å². The molecule has 0 spiro atoms. The van der Waals surface area contributed by atoms with Crippen molar-refractivity contribution in [1.82, 2.24) is 10.2 Å². The largest absolute Gasteiger partial charge is 0.367 e. The number of ether oxygens (including phenoxy) is 1. The molecular weight excluding hydrogens is 312 g/mol. The highest BCUT2D eigenvalue weighted by molar-refractivity contribution is 5.77. The Labute approximate surface area is 149 Å². The molecule has 1 unspecified atom stereocenters. The van der Waals surface area contributed by atoms with E-state index in [0.29, 0.717) is 19.2 Å². The predicted molar refractivity (Wildman–Crippen MR) is 99.1 cm³/mol. The molecule has 1 N–H and O–H groups in total. The molecule has 2 aromatic carbocycles. The monoisotopic (exact) mass is 338 g/mol. The van der Waals surface area contributed by atoms with Crippen molar-refractivity contribution in [3.8, 4) is 0 Å². The molecule has 0 fully saturated rings. The third kappa shape index (κ3) is 5.15. The zero-order valence-electron chi connectivity index (χ0n) is 14.8. The van der Waals surface area contributed by atoms with E-state index in [1.54, 1.807) is 0 Å². The Kier molecular flexibility index (Phi) is 6.20. The van der Waals surface area contributed by atoms with Gasteiger partial charge in [-0.05, 0) is 30.0 Å². The molecule has 2 aromatic rings. The Bertz CT molecular complexity index is 687. The summed E-state index contributed by atoms with van der Waals surface area (Å²) in [5, 5.41) is 2.98. The van der Waals surface area contributed by atoms with E-state index < -0.39 is 0 Å². The highest BCUT2D eigenvalue weighted by atomic mass is 16.5. The van der Waals surface area contributed by atoms with E-state index in [9.17, 15) is 4.79 Å². The zero-order valence-corrected chi connectivity index (χ0v) is 14.8. The average Bonchev–Trinajstić information content (AvgIpc) is 2.66. The van der Waals surface area contributed by atoms with Crippen LogP contribution in [-0.4, -0.2) is 36.5 Å². The summed E-state index contributed by atoms with van der Waals surface area (Å²) >= 11 is 0. The number of nitrogens with zero attached hydrogens (tertiary/aromatic N) is 1. The molecule has 0 radical (unpaired) electrons. The fourth-order valence-corrected chi connectivity index (χ4v) is 3.17. The summed E-state index contributed by atoms with van der Waals surface area (Å²) in [6.07, 6.45) is 1.08. The number of nitrogens with one attached hydrogen (secondary N) is 1. The first-order chi connectivity index (χ1) is 12.2. The molecule has 132 valence electrons. The van der Waals surface area contributed by atoms with Gasteiger partial charge in [-0.25, -0.2) is 0 Å². The highest BCUT2D eigenvalue weighted by Crippen LogP contribution is 2.19. The minimum absolute atomic E-state index is 0.0554. The van der Waals surface area contributed by atoms with Crippen LogP contribution in [0.15, 0.2) is 54.6 Å². The SMILES string of the molecule is CC(CNC(=O)COCc1ccccc1)N1CCc2ccccc2C1. The smallest absolute Gasteiger partial charge is 0.246 e. The third-order valence-electron chi connectivity index (χ3n) is 4.72. The molecule has 1 aliphatic rings. The van der Waals surface area contributed by atoms with E-state index in [-0.39, 0.29) is 12.5 Å². The minimum atomic E-state index is -0.0554. The fourth-order valence-electron chi connectivity index (χ4n) is 3.17. The Morgan fingerprint density at radius 1 is 1.12 bits per heavy atom. The van der Waals surface area contributed by atoms with Gasteiger partial charge >= 0.3 is 0 Å². The maximum atomic E-state index is 12.0. The van der Waals surface area contributed by atoms with Crippen LogP contribution >= 0.6 is 0 Å². The van der Waals surface area contributed by atoms with Crippen LogP contribution < -0.4 is 5.32 Å². The van der Waals surface area contributed by atoms with Crippen LogP contribution in [0.4, 0.5) is 0 Å². The number of hydrogen-bond acceptors (Lipinski definition) is 3. The quantitative estimate of drug-likeness (QED) is 0.844. The number of carbonyl (C=O) groups excluding carboxylic acids is 1. The van der Waals surface area contributed by atoms with Crippen molar-refractivity contribution in [2.24, 2.45) is 0 Å². The summed E-state index contributed by atoms with van der Waals surface area (Å²) in [5.41, 5.74) is 3.93. The van der Waals surface area contributed by atoms with Gasteiger partial charge in [0.2, 0.25) is 5.91 Å². The van der Waals surface area contributed by atoms with E-state index >= 15 is 0 Å². The van der Waals surface area contributed by atoms with E-state index in [2.05, 4.69) is 41.4 Å². The lowest BCUT2D eigenvalue weighted by atomic mass is 9.99. The van der Waals surface area contributed by atoms with Gasteiger partial charge in [-0.1, -0.05) is 54.6 Å². The second-order valence-corrected chi connectivity index (χ2v) is 6.62. The van der Waals surface area contributed by atoms with Gasteiger partial charge in [0.1, 0.15) is 6.61 Å². The Morgan fingerprint density at radius 2 is 1.84 bits per heavy atom. The Morgan fingerprint density at radius 3 is 2.64 bits per heavy atom. The molecule has 1 amide bonds. The molecule has 1 aliphatic heterocycles. The standard InChI is InChI=1S/C21H26N2O2/c1-17(23-12-11-19-9-5-6-10-20(19)14-23)13-22-21(24)16-25-15-18-7-3-2-4-8-18/h2-10,17H,11-16H2,1H3,(H,22,24). The maximum Gasteiger partial charge on any atom is 0.246 e. The summed E-state index contributed by atoms with van der Waals surface area (Å²) < 4.78 is 5.48. The molecule has 1 heterocycles. The lowest BCUT2D eigenvalue weighted by Crippen LogP contribution is -2.45. The van der Waals surface area contributed by atoms with Crippen LogP contribution in [0.5, 0.6) is 0 Å². The zero-order chi connectivity index (χ0) is 17.5. The van der Waals surface area contributed by atoms with Crippen LogP contribution in [0.1, 0.15) is 23.6 Å². The Balaban J connectivity index is 1.37. The van der Waals surface area contributed by atoms with Gasteiger partial charge in [0, 0.05) is 25.7 Å². The van der Waals surface area contributed by atoms with E-state index in [1.807, 2.05) is 30.3 Å². The molecule has 4 heteroatoms. The van der Waals surface area contributed by atoms with Crippen molar-refractivity contribution >= 4 is 5.91 Å². The summed E-state index contributed by atoms with van der Waals surface area (Å²) in [5.74, 6) is -0.0554. The molecule has 0 aliphatic carbocycles. The molecule has 3 rings (SSSR count). The van der Waals surface area contributed by atoms with E-state index in [0.717, 1.165) is 25.1 Å². The van der Waals surface area contributed by atoms with Crippen molar-refractivity contribution in [2.75, 3.05) is 19.7 Å². The first-order valence-electron chi connectivity index (χ1n) is 8.91. The summed E-state index contributed by atoms with van der Waals surface area (Å²) in [6, 6.07) is 18.8. The number of rotatable bonds is 7. The van der Waals surface area contributed by atoms with E-state index in [1.165, 1.54) is 11.1 Å². The molecular formula is C21H26N2O2. The molecule has 0 bridgehead atoms. The topological polar surface area (TPSA) is 41.6 Å². The number of amides is 1. The maximum absolute atomic E-state index is 12.0. The Hall–Kier alpha value is -2.17. The molecule has 4 nitrogen and oxygen atoms in total. The first-order valence-corrected chi connectivity index (χ1v) is 8.91. The number of carbonyl (C=O) groups is 1. The average molecular weight is 338 g/mol. The van der Waals surface area contributed by atoms with Crippen LogP contribution in [0.25, 0.3) is 0 Å². The van der Waals surface area contributed by atoms with Crippen molar-refractivity contribution in [1.29, 1.82) is 0 Å². The van der Waals surface area contributed by atoms with Gasteiger partial charge in [-0.3, -0.25) is 9.69 Å². The van der Waals surface area contributed by atoms with Crippen LogP contribution in [0, 0.1) is 0 Å². The first kappa shape index (κ1) is 17.6. The predicted octanol–water partition coefficient (Wildman–Crippen LogP) is 2.77. The van der Waals surface area contributed by atoms with Gasteiger partial charge in [0.25, 0.3) is 0 Å². The van der Waals surface area contributed by atoms with Gasteiger partial charge < -0.3 is 10.1 Å². The minimum Gasteiger partial charge on any atom is -0.367 e. The lowest BCUT2D eigenvalue weighted by molar-refractivity contribution is -0.126. The van der Waals surface area contributed by atoms with E-state index in [4.69, 9.17) is 4.74 Å². The van der Waals surface area contributed by atoms with Crippen LogP contribution in [0.2, 0.25) is 0 Å². The van der Waals surface area contributed by atoms with Gasteiger partial charge in [0.15, 0.2) is 0 Å². The third-order valence-corrected chi connectivity index (χ3v) is 4.72. The molecule has 0 saturated heterocycles. The molecule has 1 atom stereocenters. The second-order valence-electron chi connectivity index (χ2n) is 6.62. The van der Waals surface area contributed by atoms with Gasteiger partial charge in [0.05, 0.1) is 6.61 Å². The summed E-state index contributed by atoms with van der Waals surface area (Å²) in [7, 11) is 0. The lowest BCUT2D eigenvalue weighted by Gasteiger charge is -2.33. The van der Waals surface area contributed by atoms with Crippen molar-refractivity contribution < 1.29 is 9.53 Å². The highest BCUT2D eigenvalue weighted by Gasteiger charge is 2.20. The van der Waals surface area contributed by atoms with Crippen LogP contribution in [-0.2, 0) is 29.1 Å². The summed E-state index contributed by atoms with van der Waals surface area (Å²) in [6.45, 7) is 5.38. The van der Waals surface area contributed by atoms with Gasteiger partial charge in [-0.15, -0.1) is 0 Å². The van der Waals surface area contributed by atoms with Gasteiger partial charge in [-0.2, -0.15) is 0 Å². The second kappa shape index (κ2) is 8.79. The number of fused-ring (bicyclic) bond motifs is 1. The normalized spacial score (nSPS) is 15.4. The summed E-state index contributed by atoms with van der Waals surface area (Å²) in [4.78, 5) is 14.4. The molecule has 0 aromatic heterocycles. The fraction of sp³-hybridized carbons (Fsp3) is 0.381. The molecule has 0 saturated carbocycles.